The number of nitrogens with zero attached hydrogens (tertiary/aromatic N) is 1. The second kappa shape index (κ2) is 5.79. The van der Waals surface area contributed by atoms with Crippen molar-refractivity contribution in [3.8, 4) is 0 Å². The van der Waals surface area contributed by atoms with Crippen LogP contribution in [0.1, 0.15) is 19.4 Å². The molecule has 0 fully saturated rings. The maximum atomic E-state index is 12.0. The van der Waals surface area contributed by atoms with Crippen LogP contribution < -0.4 is 4.72 Å². The first-order valence-electron chi connectivity index (χ1n) is 5.67. The zero-order chi connectivity index (χ0) is 13.8. The Morgan fingerprint density at radius 1 is 1.28 bits per heavy atom. The van der Waals surface area contributed by atoms with Crippen molar-refractivity contribution in [1.82, 2.24) is 9.03 Å². The Hall–Kier alpha value is -0.950. The van der Waals surface area contributed by atoms with Gasteiger partial charge in [0.1, 0.15) is 0 Å². The lowest BCUT2D eigenvalue weighted by atomic mass is 10.1. The Bertz CT molecular complexity index is 471. The molecule has 1 rings (SSSR count). The van der Waals surface area contributed by atoms with Crippen molar-refractivity contribution in [3.63, 3.8) is 0 Å². The molecule has 0 atom stereocenters. The van der Waals surface area contributed by atoms with E-state index < -0.39 is 15.7 Å². The molecule has 0 spiro atoms. The lowest BCUT2D eigenvalue weighted by Crippen LogP contribution is -2.51. The molecule has 0 bridgehead atoms. The van der Waals surface area contributed by atoms with Gasteiger partial charge in [-0.1, -0.05) is 30.3 Å². The summed E-state index contributed by atoms with van der Waals surface area (Å²) in [6, 6.07) is 9.33. The molecule has 0 aliphatic carbocycles. The molecule has 0 unspecified atom stereocenters. The van der Waals surface area contributed by atoms with E-state index in [0.717, 1.165) is 5.56 Å². The molecule has 1 aromatic carbocycles. The Morgan fingerprint density at radius 3 is 2.33 bits per heavy atom. The summed E-state index contributed by atoms with van der Waals surface area (Å²) >= 11 is 0. The summed E-state index contributed by atoms with van der Waals surface area (Å²) in [5.74, 6) is 0. The molecule has 5 nitrogen and oxygen atoms in total. The van der Waals surface area contributed by atoms with Crippen LogP contribution in [0.15, 0.2) is 30.3 Å². The van der Waals surface area contributed by atoms with Gasteiger partial charge in [0.15, 0.2) is 0 Å². The van der Waals surface area contributed by atoms with Crippen LogP contribution in [-0.4, -0.2) is 37.0 Å². The molecule has 0 aliphatic heterocycles. The van der Waals surface area contributed by atoms with Crippen LogP contribution in [0.3, 0.4) is 0 Å². The molecule has 18 heavy (non-hydrogen) atoms. The highest BCUT2D eigenvalue weighted by Gasteiger charge is 2.27. The van der Waals surface area contributed by atoms with Gasteiger partial charge in [-0.15, -0.1) is 0 Å². The van der Waals surface area contributed by atoms with E-state index in [1.54, 1.807) is 13.8 Å². The first-order chi connectivity index (χ1) is 8.27. The molecular weight excluding hydrogens is 252 g/mol. The van der Waals surface area contributed by atoms with Gasteiger partial charge in [-0.3, -0.25) is 0 Å². The molecule has 1 aromatic rings. The van der Waals surface area contributed by atoms with E-state index >= 15 is 0 Å². The quantitative estimate of drug-likeness (QED) is 0.802. The summed E-state index contributed by atoms with van der Waals surface area (Å²) in [6.07, 6.45) is 0. The first-order valence-corrected chi connectivity index (χ1v) is 7.11. The largest absolute Gasteiger partial charge is 0.394 e. The highest BCUT2D eigenvalue weighted by molar-refractivity contribution is 7.87. The van der Waals surface area contributed by atoms with Crippen LogP contribution in [-0.2, 0) is 16.8 Å². The van der Waals surface area contributed by atoms with Crippen LogP contribution >= 0.6 is 0 Å². The van der Waals surface area contributed by atoms with Gasteiger partial charge in [0.25, 0.3) is 10.2 Å². The van der Waals surface area contributed by atoms with Crippen LogP contribution in [0.25, 0.3) is 0 Å². The Morgan fingerprint density at radius 2 is 1.83 bits per heavy atom. The van der Waals surface area contributed by atoms with Gasteiger partial charge in [0.2, 0.25) is 0 Å². The number of hydrogen-bond donors (Lipinski definition) is 2. The second-order valence-electron chi connectivity index (χ2n) is 4.89. The zero-order valence-corrected chi connectivity index (χ0v) is 11.7. The number of rotatable bonds is 6. The molecule has 102 valence electrons. The lowest BCUT2D eigenvalue weighted by Gasteiger charge is -2.27. The molecular formula is C12H20N2O3S. The Labute approximate surface area is 109 Å². The van der Waals surface area contributed by atoms with Gasteiger partial charge in [0.05, 0.1) is 12.1 Å². The fourth-order valence-electron chi connectivity index (χ4n) is 1.38. The predicted octanol–water partition coefficient (Wildman–Crippen LogP) is 0.724. The maximum Gasteiger partial charge on any atom is 0.280 e. The van der Waals surface area contributed by atoms with Crippen molar-refractivity contribution in [2.45, 2.75) is 25.9 Å². The number of benzene rings is 1. The summed E-state index contributed by atoms with van der Waals surface area (Å²) in [7, 11) is -2.10. The van der Waals surface area contributed by atoms with Crippen molar-refractivity contribution in [2.75, 3.05) is 13.7 Å². The minimum absolute atomic E-state index is 0.259. The minimum atomic E-state index is -3.60. The summed E-state index contributed by atoms with van der Waals surface area (Å²) in [6.45, 7) is 3.28. The second-order valence-corrected chi connectivity index (χ2v) is 6.67. The zero-order valence-electron chi connectivity index (χ0n) is 10.9. The molecule has 0 aromatic heterocycles. The Balaban J connectivity index is 2.74. The molecule has 0 saturated carbocycles. The molecule has 2 N–H and O–H groups in total. The van der Waals surface area contributed by atoms with Gasteiger partial charge in [-0.25, -0.2) is 0 Å². The Kier molecular flexibility index (Phi) is 4.86. The highest BCUT2D eigenvalue weighted by atomic mass is 32.2. The molecule has 0 aliphatic rings. The molecule has 0 heterocycles. The fraction of sp³-hybridized carbons (Fsp3) is 0.500. The van der Waals surface area contributed by atoms with Crippen molar-refractivity contribution in [3.05, 3.63) is 35.9 Å². The summed E-state index contributed by atoms with van der Waals surface area (Å²) in [5, 5.41) is 9.08. The smallest absolute Gasteiger partial charge is 0.280 e. The van der Waals surface area contributed by atoms with E-state index in [-0.39, 0.29) is 13.2 Å². The van der Waals surface area contributed by atoms with Crippen LogP contribution in [0, 0.1) is 0 Å². The van der Waals surface area contributed by atoms with E-state index in [1.807, 2.05) is 30.3 Å². The van der Waals surface area contributed by atoms with Gasteiger partial charge in [0, 0.05) is 13.6 Å². The topological polar surface area (TPSA) is 69.6 Å². The lowest BCUT2D eigenvalue weighted by molar-refractivity contribution is 0.206. The van der Waals surface area contributed by atoms with Crippen molar-refractivity contribution >= 4 is 10.2 Å². The molecule has 0 amide bonds. The molecule has 6 heteroatoms. The van der Waals surface area contributed by atoms with E-state index in [1.165, 1.54) is 11.4 Å². The maximum absolute atomic E-state index is 12.0. The highest BCUT2D eigenvalue weighted by Crippen LogP contribution is 2.09. The fourth-order valence-corrected chi connectivity index (χ4v) is 2.62. The van der Waals surface area contributed by atoms with E-state index in [2.05, 4.69) is 4.72 Å². The van der Waals surface area contributed by atoms with Crippen LogP contribution in [0.4, 0.5) is 0 Å². The number of hydrogen-bond acceptors (Lipinski definition) is 3. The average molecular weight is 272 g/mol. The van der Waals surface area contributed by atoms with E-state index in [0.29, 0.717) is 0 Å². The van der Waals surface area contributed by atoms with Crippen molar-refractivity contribution in [2.24, 2.45) is 0 Å². The van der Waals surface area contributed by atoms with Crippen molar-refractivity contribution in [1.29, 1.82) is 0 Å². The number of nitrogens with one attached hydrogen (secondary N) is 1. The van der Waals surface area contributed by atoms with Crippen LogP contribution in [0.5, 0.6) is 0 Å². The third-order valence-electron chi connectivity index (χ3n) is 2.46. The van der Waals surface area contributed by atoms with Crippen molar-refractivity contribution < 1.29 is 13.5 Å². The third kappa shape index (κ3) is 4.38. The van der Waals surface area contributed by atoms with Gasteiger partial charge in [-0.05, 0) is 19.4 Å². The SMILES string of the molecule is CN(Cc1ccccc1)S(=O)(=O)NC(C)(C)CO. The monoisotopic (exact) mass is 272 g/mol. The molecule has 0 saturated heterocycles. The van der Waals surface area contributed by atoms with Gasteiger partial charge >= 0.3 is 0 Å². The summed E-state index contributed by atoms with van der Waals surface area (Å²) < 4.78 is 27.7. The predicted molar refractivity (Wildman–Crippen MR) is 71.1 cm³/mol. The molecule has 0 radical (unpaired) electrons. The van der Waals surface area contributed by atoms with E-state index in [9.17, 15) is 8.42 Å². The minimum Gasteiger partial charge on any atom is -0.394 e. The summed E-state index contributed by atoms with van der Waals surface area (Å²) in [4.78, 5) is 0. The normalized spacial score (nSPS) is 12.9. The third-order valence-corrected chi connectivity index (χ3v) is 4.22. The number of aliphatic hydroxyl groups excluding tert-OH is 1. The van der Waals surface area contributed by atoms with Gasteiger partial charge in [-0.2, -0.15) is 17.4 Å². The van der Waals surface area contributed by atoms with Crippen LogP contribution in [0.2, 0.25) is 0 Å². The first kappa shape index (κ1) is 15.1. The standard InChI is InChI=1S/C12H20N2O3S/c1-12(2,10-15)13-18(16,17)14(3)9-11-7-5-4-6-8-11/h4-8,13,15H,9-10H2,1-3H3. The summed E-state index contributed by atoms with van der Waals surface area (Å²) in [5.41, 5.74) is 0.0382. The van der Waals surface area contributed by atoms with Gasteiger partial charge < -0.3 is 5.11 Å². The van der Waals surface area contributed by atoms with E-state index in [4.69, 9.17) is 5.11 Å². The number of aliphatic hydroxyl groups is 1. The average Bonchev–Trinajstić information content (AvgIpc) is 2.29.